The third kappa shape index (κ3) is 3.36. The van der Waals surface area contributed by atoms with E-state index in [1.54, 1.807) is 12.1 Å². The van der Waals surface area contributed by atoms with Crippen molar-refractivity contribution in [3.63, 3.8) is 0 Å². The molecule has 0 atom stereocenters. The number of sulfonamides is 1. The smallest absolute Gasteiger partial charge is 0.268 e. The molecular weight excluding hydrogens is 348 g/mol. The number of hydrogen-bond acceptors (Lipinski definition) is 4. The molecule has 0 unspecified atom stereocenters. The molecule has 1 N–H and O–H groups in total. The van der Waals surface area contributed by atoms with Crippen LogP contribution in [0.25, 0.3) is 0 Å². The van der Waals surface area contributed by atoms with Crippen LogP contribution in [0.1, 0.15) is 11.1 Å². The summed E-state index contributed by atoms with van der Waals surface area (Å²) in [7, 11) is -2.21. The van der Waals surface area contributed by atoms with Crippen LogP contribution in [0.5, 0.6) is 5.75 Å². The number of para-hydroxylation sites is 1. The zero-order valence-electron chi connectivity index (χ0n) is 13.7. The van der Waals surface area contributed by atoms with Crippen LogP contribution in [0.3, 0.4) is 0 Å². The Bertz CT molecular complexity index is 824. The van der Waals surface area contributed by atoms with E-state index in [9.17, 15) is 8.42 Å². The second kappa shape index (κ2) is 7.42. The maximum absolute atomic E-state index is 13.3. The van der Waals surface area contributed by atoms with Gasteiger partial charge in [-0.05, 0) is 36.2 Å². The summed E-state index contributed by atoms with van der Waals surface area (Å²) in [5, 5.41) is 3.26. The lowest BCUT2D eigenvalue weighted by Crippen LogP contribution is -2.35. The van der Waals surface area contributed by atoms with E-state index in [0.29, 0.717) is 25.4 Å². The van der Waals surface area contributed by atoms with E-state index in [1.807, 2.05) is 37.3 Å². The molecule has 0 aromatic heterocycles. The van der Waals surface area contributed by atoms with Gasteiger partial charge in [0.15, 0.2) is 0 Å². The predicted octanol–water partition coefficient (Wildman–Crippen LogP) is 2.72. The van der Waals surface area contributed by atoms with Gasteiger partial charge in [-0.25, -0.2) is 8.42 Å². The molecule has 7 heteroatoms. The van der Waals surface area contributed by atoms with Crippen molar-refractivity contribution >= 4 is 28.1 Å². The molecule has 1 heterocycles. The van der Waals surface area contributed by atoms with E-state index < -0.39 is 10.0 Å². The molecular formula is C17H21ClN2O3S. The largest absolute Gasteiger partial charge is 0.495 e. The summed E-state index contributed by atoms with van der Waals surface area (Å²) in [6.07, 6.45) is 0. The molecule has 0 saturated carbocycles. The lowest BCUT2D eigenvalue weighted by Gasteiger charge is -2.25. The Balaban J connectivity index is 0.00000208. The fraction of sp³-hybridized carbons (Fsp3) is 0.294. The first-order chi connectivity index (χ1) is 11.0. The normalized spacial score (nSPS) is 14.3. The van der Waals surface area contributed by atoms with Crippen molar-refractivity contribution in [2.24, 2.45) is 0 Å². The number of halogens is 1. The number of anilines is 1. The van der Waals surface area contributed by atoms with Gasteiger partial charge in [0.05, 0.1) is 12.8 Å². The second-order valence-corrected chi connectivity index (χ2v) is 7.37. The second-order valence-electron chi connectivity index (χ2n) is 5.54. The van der Waals surface area contributed by atoms with Crippen molar-refractivity contribution in [3.05, 3.63) is 53.6 Å². The molecule has 2 aromatic rings. The average molecular weight is 369 g/mol. The lowest BCUT2D eigenvalue weighted by atomic mass is 10.2. The molecule has 0 spiro atoms. The van der Waals surface area contributed by atoms with Gasteiger partial charge in [0.1, 0.15) is 10.6 Å². The molecule has 0 radical (unpaired) electrons. The Kier molecular flexibility index (Phi) is 5.74. The van der Waals surface area contributed by atoms with Crippen LogP contribution in [0.15, 0.2) is 47.4 Å². The molecule has 0 bridgehead atoms. The fourth-order valence-corrected chi connectivity index (χ4v) is 4.53. The molecule has 0 fully saturated rings. The third-order valence-electron chi connectivity index (χ3n) is 3.95. The molecule has 24 heavy (non-hydrogen) atoms. The molecule has 5 nitrogen and oxygen atoms in total. The first kappa shape index (κ1) is 18.6. The first-order valence-corrected chi connectivity index (χ1v) is 8.94. The summed E-state index contributed by atoms with van der Waals surface area (Å²) in [5.41, 5.74) is 2.58. The molecule has 0 saturated heterocycles. The molecule has 2 aromatic carbocycles. The fourth-order valence-electron chi connectivity index (χ4n) is 2.78. The van der Waals surface area contributed by atoms with Crippen LogP contribution in [-0.4, -0.2) is 28.6 Å². The van der Waals surface area contributed by atoms with Crippen molar-refractivity contribution in [3.8, 4) is 5.75 Å². The number of ether oxygens (including phenoxy) is 1. The Morgan fingerprint density at radius 1 is 1.17 bits per heavy atom. The van der Waals surface area contributed by atoms with Gasteiger partial charge >= 0.3 is 0 Å². The Labute approximate surface area is 149 Å². The van der Waals surface area contributed by atoms with Crippen molar-refractivity contribution in [1.29, 1.82) is 0 Å². The standard InChI is InChI=1S/C17H20N2O3S.ClH/c1-13-7-8-16(22-2)17(11-13)23(20,21)19-10-9-18-12-14-5-3-4-6-15(14)19;/h3-8,11,18H,9-10,12H2,1-2H3;1H. The predicted molar refractivity (Wildman–Crippen MR) is 97.7 cm³/mol. The number of nitrogens with zero attached hydrogens (tertiary/aromatic N) is 1. The summed E-state index contributed by atoms with van der Waals surface area (Å²) in [6, 6.07) is 12.8. The van der Waals surface area contributed by atoms with Gasteiger partial charge in [-0.15, -0.1) is 12.4 Å². The molecule has 0 amide bonds. The topological polar surface area (TPSA) is 58.6 Å². The Morgan fingerprint density at radius 3 is 2.67 bits per heavy atom. The zero-order valence-corrected chi connectivity index (χ0v) is 15.3. The van der Waals surface area contributed by atoms with Gasteiger partial charge in [-0.1, -0.05) is 24.3 Å². The summed E-state index contributed by atoms with van der Waals surface area (Å²) in [6.45, 7) is 3.52. The van der Waals surface area contributed by atoms with E-state index in [0.717, 1.165) is 16.8 Å². The Hall–Kier alpha value is -1.76. The molecule has 1 aliphatic rings. The number of nitrogens with one attached hydrogen (secondary N) is 1. The number of benzene rings is 2. The number of aryl methyl sites for hydroxylation is 1. The first-order valence-electron chi connectivity index (χ1n) is 7.50. The number of fused-ring (bicyclic) bond motifs is 1. The maximum Gasteiger partial charge on any atom is 0.268 e. The van der Waals surface area contributed by atoms with Crippen molar-refractivity contribution in [2.75, 3.05) is 24.5 Å². The summed E-state index contributed by atoms with van der Waals surface area (Å²) < 4.78 is 33.3. The minimum atomic E-state index is -3.70. The molecule has 3 rings (SSSR count). The van der Waals surface area contributed by atoms with Crippen LogP contribution in [-0.2, 0) is 16.6 Å². The van der Waals surface area contributed by atoms with Gasteiger partial charge < -0.3 is 10.1 Å². The lowest BCUT2D eigenvalue weighted by molar-refractivity contribution is 0.402. The van der Waals surface area contributed by atoms with E-state index in [-0.39, 0.29) is 17.3 Å². The number of methoxy groups -OCH3 is 1. The number of hydrogen-bond donors (Lipinski definition) is 1. The molecule has 0 aliphatic carbocycles. The van der Waals surface area contributed by atoms with Crippen molar-refractivity contribution < 1.29 is 13.2 Å². The maximum atomic E-state index is 13.3. The van der Waals surface area contributed by atoms with E-state index in [2.05, 4.69) is 5.32 Å². The molecule has 130 valence electrons. The minimum absolute atomic E-state index is 0. The third-order valence-corrected chi connectivity index (χ3v) is 5.79. The van der Waals surface area contributed by atoms with Gasteiger partial charge in [-0.2, -0.15) is 0 Å². The van der Waals surface area contributed by atoms with E-state index in [4.69, 9.17) is 4.74 Å². The van der Waals surface area contributed by atoms with Crippen LogP contribution in [0.4, 0.5) is 5.69 Å². The quantitative estimate of drug-likeness (QED) is 0.905. The van der Waals surface area contributed by atoms with Gasteiger partial charge in [0, 0.05) is 19.6 Å². The highest BCUT2D eigenvalue weighted by Gasteiger charge is 2.30. The van der Waals surface area contributed by atoms with Crippen molar-refractivity contribution in [2.45, 2.75) is 18.4 Å². The Morgan fingerprint density at radius 2 is 1.92 bits per heavy atom. The summed E-state index contributed by atoms with van der Waals surface area (Å²) >= 11 is 0. The number of rotatable bonds is 3. The van der Waals surface area contributed by atoms with Gasteiger partial charge in [0.2, 0.25) is 0 Å². The van der Waals surface area contributed by atoms with E-state index >= 15 is 0 Å². The summed E-state index contributed by atoms with van der Waals surface area (Å²) in [5.74, 6) is 0.366. The highest BCUT2D eigenvalue weighted by atomic mass is 35.5. The van der Waals surface area contributed by atoms with Crippen LogP contribution >= 0.6 is 12.4 Å². The average Bonchev–Trinajstić information content (AvgIpc) is 2.77. The van der Waals surface area contributed by atoms with Crippen LogP contribution in [0.2, 0.25) is 0 Å². The summed E-state index contributed by atoms with van der Waals surface area (Å²) in [4.78, 5) is 0.205. The molecule has 1 aliphatic heterocycles. The van der Waals surface area contributed by atoms with E-state index in [1.165, 1.54) is 11.4 Å². The van der Waals surface area contributed by atoms with Crippen LogP contribution in [0, 0.1) is 6.92 Å². The van der Waals surface area contributed by atoms with Gasteiger partial charge in [-0.3, -0.25) is 4.31 Å². The van der Waals surface area contributed by atoms with Gasteiger partial charge in [0.25, 0.3) is 10.0 Å². The minimum Gasteiger partial charge on any atom is -0.495 e. The monoisotopic (exact) mass is 368 g/mol. The SMILES string of the molecule is COc1ccc(C)cc1S(=O)(=O)N1CCNCc2ccccc21.Cl. The highest BCUT2D eigenvalue weighted by molar-refractivity contribution is 7.93. The van der Waals surface area contributed by atoms with Crippen molar-refractivity contribution in [1.82, 2.24) is 5.32 Å². The van der Waals surface area contributed by atoms with Crippen LogP contribution < -0.4 is 14.4 Å². The highest BCUT2D eigenvalue weighted by Crippen LogP contribution is 2.32. The zero-order chi connectivity index (χ0) is 16.4.